The Balaban J connectivity index is 1.97. The smallest absolute Gasteiger partial charge is 0.357 e. The average Bonchev–Trinajstić information content (AvgIpc) is 2.30. The zero-order chi connectivity index (χ0) is 11.4. The van der Waals surface area contributed by atoms with Crippen LogP contribution < -0.4 is 0 Å². The molecule has 1 aliphatic heterocycles. The van der Waals surface area contributed by atoms with Crippen molar-refractivity contribution in [2.75, 3.05) is 13.2 Å². The Hall–Kier alpha value is -1.49. The van der Waals surface area contributed by atoms with E-state index < -0.39 is 11.9 Å². The van der Waals surface area contributed by atoms with Gasteiger partial charge in [0, 0.05) is 12.8 Å². The van der Waals surface area contributed by atoms with E-state index in [-0.39, 0.29) is 11.8 Å². The van der Waals surface area contributed by atoms with Crippen molar-refractivity contribution in [3.63, 3.8) is 0 Å². The second kappa shape index (κ2) is 5.03. The van der Waals surface area contributed by atoms with Crippen LogP contribution in [0.5, 0.6) is 0 Å². The van der Waals surface area contributed by atoms with Crippen molar-refractivity contribution in [1.82, 2.24) is 4.98 Å². The van der Waals surface area contributed by atoms with Gasteiger partial charge in [0.2, 0.25) is 5.95 Å². The summed E-state index contributed by atoms with van der Waals surface area (Å²) < 4.78 is 23.1. The highest BCUT2D eigenvalue weighted by Gasteiger charge is 2.19. The van der Waals surface area contributed by atoms with Gasteiger partial charge in [-0.05, 0) is 12.1 Å². The van der Waals surface area contributed by atoms with Crippen molar-refractivity contribution in [2.45, 2.75) is 18.9 Å². The zero-order valence-electron chi connectivity index (χ0n) is 8.69. The molecule has 1 aromatic rings. The molecule has 1 fully saturated rings. The fraction of sp³-hybridized carbons (Fsp3) is 0.455. The third-order valence-electron chi connectivity index (χ3n) is 2.37. The van der Waals surface area contributed by atoms with Crippen LogP contribution in [0.2, 0.25) is 0 Å². The predicted octanol–water partition coefficient (Wildman–Crippen LogP) is 1.56. The van der Waals surface area contributed by atoms with Gasteiger partial charge < -0.3 is 9.47 Å². The Morgan fingerprint density at radius 2 is 2.19 bits per heavy atom. The molecule has 1 aliphatic rings. The third kappa shape index (κ3) is 2.76. The number of carbonyl (C=O) groups excluding carboxylic acids is 1. The van der Waals surface area contributed by atoms with Gasteiger partial charge in [-0.15, -0.1) is 0 Å². The minimum absolute atomic E-state index is 0.00601. The minimum atomic E-state index is -0.679. The van der Waals surface area contributed by atoms with E-state index in [1.165, 1.54) is 18.2 Å². The Labute approximate surface area is 92.4 Å². The van der Waals surface area contributed by atoms with Crippen LogP contribution in [0, 0.1) is 5.95 Å². The normalized spacial score (nSPS) is 17.1. The second-order valence-electron chi connectivity index (χ2n) is 3.56. The van der Waals surface area contributed by atoms with E-state index in [4.69, 9.17) is 9.47 Å². The number of ether oxygens (including phenoxy) is 2. The van der Waals surface area contributed by atoms with Gasteiger partial charge >= 0.3 is 5.97 Å². The molecule has 2 rings (SSSR count). The largest absolute Gasteiger partial charge is 0.457 e. The monoisotopic (exact) mass is 225 g/mol. The fourth-order valence-corrected chi connectivity index (χ4v) is 1.53. The van der Waals surface area contributed by atoms with E-state index in [1.807, 2.05) is 0 Å². The molecule has 5 heteroatoms. The topological polar surface area (TPSA) is 48.4 Å². The molecule has 2 heterocycles. The van der Waals surface area contributed by atoms with Crippen LogP contribution in [0.3, 0.4) is 0 Å². The number of carbonyl (C=O) groups is 1. The van der Waals surface area contributed by atoms with Crippen molar-refractivity contribution < 1.29 is 18.7 Å². The molecule has 0 N–H and O–H groups in total. The van der Waals surface area contributed by atoms with Crippen molar-refractivity contribution in [2.24, 2.45) is 0 Å². The van der Waals surface area contributed by atoms with Gasteiger partial charge in [0.25, 0.3) is 0 Å². The predicted molar refractivity (Wildman–Crippen MR) is 53.5 cm³/mol. The molecule has 0 radical (unpaired) electrons. The van der Waals surface area contributed by atoms with Crippen LogP contribution in [0.4, 0.5) is 4.39 Å². The lowest BCUT2D eigenvalue weighted by Crippen LogP contribution is -2.26. The lowest BCUT2D eigenvalue weighted by atomic mass is 10.1. The first-order chi connectivity index (χ1) is 7.75. The van der Waals surface area contributed by atoms with E-state index in [2.05, 4.69) is 4.98 Å². The van der Waals surface area contributed by atoms with E-state index in [0.717, 1.165) is 0 Å². The molecule has 0 aliphatic carbocycles. The van der Waals surface area contributed by atoms with Crippen LogP contribution >= 0.6 is 0 Å². The molecule has 0 aromatic carbocycles. The number of pyridine rings is 1. The summed E-state index contributed by atoms with van der Waals surface area (Å²) in [6.45, 7) is 1.18. The molecule has 1 aromatic heterocycles. The van der Waals surface area contributed by atoms with Crippen molar-refractivity contribution in [3.05, 3.63) is 29.8 Å². The van der Waals surface area contributed by atoms with Crippen LogP contribution in [0.15, 0.2) is 18.2 Å². The van der Waals surface area contributed by atoms with Gasteiger partial charge in [0.15, 0.2) is 5.69 Å². The maximum Gasteiger partial charge on any atom is 0.357 e. The highest BCUT2D eigenvalue weighted by Crippen LogP contribution is 2.12. The number of nitrogens with zero attached hydrogens (tertiary/aromatic N) is 1. The van der Waals surface area contributed by atoms with E-state index >= 15 is 0 Å². The lowest BCUT2D eigenvalue weighted by Gasteiger charge is -2.21. The number of hydrogen-bond acceptors (Lipinski definition) is 4. The molecule has 4 nitrogen and oxygen atoms in total. The molecular weight excluding hydrogens is 213 g/mol. The van der Waals surface area contributed by atoms with Crippen molar-refractivity contribution in [3.8, 4) is 0 Å². The maximum atomic E-state index is 12.8. The molecule has 16 heavy (non-hydrogen) atoms. The summed E-state index contributed by atoms with van der Waals surface area (Å²) in [5, 5.41) is 0. The fourth-order valence-electron chi connectivity index (χ4n) is 1.53. The van der Waals surface area contributed by atoms with Gasteiger partial charge in [-0.25, -0.2) is 9.78 Å². The first-order valence-electron chi connectivity index (χ1n) is 5.17. The average molecular weight is 225 g/mol. The summed E-state index contributed by atoms with van der Waals surface area (Å²) in [4.78, 5) is 15.0. The Kier molecular flexibility index (Phi) is 3.46. The molecule has 0 bridgehead atoms. The van der Waals surface area contributed by atoms with Gasteiger partial charge in [-0.2, -0.15) is 4.39 Å². The molecule has 0 atom stereocenters. The lowest BCUT2D eigenvalue weighted by molar-refractivity contribution is -0.0164. The van der Waals surface area contributed by atoms with Gasteiger partial charge in [0.1, 0.15) is 6.10 Å². The first-order valence-corrected chi connectivity index (χ1v) is 5.17. The number of aromatic nitrogens is 1. The summed E-state index contributed by atoms with van der Waals surface area (Å²) in [6, 6.07) is 4.05. The molecule has 0 unspecified atom stereocenters. The Bertz CT molecular complexity index is 377. The molecule has 86 valence electrons. The molecule has 0 saturated carbocycles. The maximum absolute atomic E-state index is 12.8. The van der Waals surface area contributed by atoms with Crippen LogP contribution in [-0.4, -0.2) is 30.3 Å². The molecular formula is C11H12FNO3. The number of halogens is 1. The molecule has 0 spiro atoms. The summed E-state index contributed by atoms with van der Waals surface area (Å²) in [5.41, 5.74) is 0.00601. The highest BCUT2D eigenvalue weighted by atomic mass is 19.1. The SMILES string of the molecule is O=C(OC1CCOCC1)c1cccc(F)n1. The van der Waals surface area contributed by atoms with Gasteiger partial charge in [-0.1, -0.05) is 6.07 Å². The summed E-state index contributed by atoms with van der Waals surface area (Å²) >= 11 is 0. The van der Waals surface area contributed by atoms with Crippen LogP contribution in [0.25, 0.3) is 0 Å². The van der Waals surface area contributed by atoms with Crippen LogP contribution in [0.1, 0.15) is 23.3 Å². The van der Waals surface area contributed by atoms with Gasteiger partial charge in [-0.3, -0.25) is 0 Å². The second-order valence-corrected chi connectivity index (χ2v) is 3.56. The van der Waals surface area contributed by atoms with Crippen molar-refractivity contribution in [1.29, 1.82) is 0 Å². The number of esters is 1. The minimum Gasteiger partial charge on any atom is -0.457 e. The Morgan fingerprint density at radius 3 is 2.88 bits per heavy atom. The zero-order valence-corrected chi connectivity index (χ0v) is 8.69. The van der Waals surface area contributed by atoms with E-state index in [0.29, 0.717) is 26.1 Å². The summed E-state index contributed by atoms with van der Waals surface area (Å²) in [6.07, 6.45) is 1.22. The first kappa shape index (κ1) is 11.0. The molecule has 0 amide bonds. The van der Waals surface area contributed by atoms with Crippen LogP contribution in [-0.2, 0) is 9.47 Å². The summed E-state index contributed by atoms with van der Waals surface area (Å²) in [7, 11) is 0. The number of rotatable bonds is 2. The van der Waals surface area contributed by atoms with E-state index in [9.17, 15) is 9.18 Å². The Morgan fingerprint density at radius 1 is 1.44 bits per heavy atom. The highest BCUT2D eigenvalue weighted by molar-refractivity contribution is 5.87. The van der Waals surface area contributed by atoms with Crippen molar-refractivity contribution >= 4 is 5.97 Å². The van der Waals surface area contributed by atoms with Gasteiger partial charge in [0.05, 0.1) is 13.2 Å². The third-order valence-corrected chi connectivity index (χ3v) is 2.37. The number of hydrogen-bond donors (Lipinski definition) is 0. The summed E-state index contributed by atoms with van der Waals surface area (Å²) in [5.74, 6) is -1.26. The standard InChI is InChI=1S/C11H12FNO3/c12-10-3-1-2-9(13-10)11(14)16-8-4-6-15-7-5-8/h1-3,8H,4-7H2. The quantitative estimate of drug-likeness (QED) is 0.566. The van der Waals surface area contributed by atoms with E-state index in [1.54, 1.807) is 0 Å². The molecule has 1 saturated heterocycles.